The van der Waals surface area contributed by atoms with Crippen molar-refractivity contribution in [1.29, 1.82) is 0 Å². The van der Waals surface area contributed by atoms with E-state index in [0.717, 1.165) is 17.1 Å². The Hall–Kier alpha value is -2.30. The van der Waals surface area contributed by atoms with Crippen LogP contribution in [0.4, 0.5) is 0 Å². The summed E-state index contributed by atoms with van der Waals surface area (Å²) in [6, 6.07) is 8.67. The van der Waals surface area contributed by atoms with Crippen molar-refractivity contribution in [3.63, 3.8) is 0 Å². The third-order valence-electron chi connectivity index (χ3n) is 7.63. The molecule has 1 aromatic heterocycles. The normalized spacial score (nSPS) is 26.4. The Morgan fingerprint density at radius 3 is 2.43 bits per heavy atom. The van der Waals surface area contributed by atoms with Gasteiger partial charge in [-0.3, -0.25) is 9.48 Å². The molecule has 30 heavy (non-hydrogen) atoms. The molecule has 2 fully saturated rings. The van der Waals surface area contributed by atoms with E-state index >= 15 is 0 Å². The van der Waals surface area contributed by atoms with Gasteiger partial charge >= 0.3 is 0 Å². The van der Waals surface area contributed by atoms with Gasteiger partial charge in [-0.25, -0.2) is 0 Å². The minimum absolute atomic E-state index is 0.110. The fourth-order valence-electron chi connectivity index (χ4n) is 5.56. The van der Waals surface area contributed by atoms with Gasteiger partial charge in [0, 0.05) is 17.7 Å². The number of nitrogens with one attached hydrogen (secondary N) is 1. The van der Waals surface area contributed by atoms with Crippen molar-refractivity contribution in [2.75, 3.05) is 7.11 Å². The molecular formula is C25H35N3O2. The minimum atomic E-state index is -0.110. The number of aromatic nitrogens is 2. The summed E-state index contributed by atoms with van der Waals surface area (Å²) in [5.74, 6) is 2.62. The Labute approximate surface area is 180 Å². The highest BCUT2D eigenvalue weighted by atomic mass is 16.5. The van der Waals surface area contributed by atoms with Crippen molar-refractivity contribution >= 4 is 5.91 Å². The van der Waals surface area contributed by atoms with Crippen molar-refractivity contribution in [2.24, 2.45) is 17.8 Å². The van der Waals surface area contributed by atoms with Gasteiger partial charge in [-0.2, -0.15) is 5.10 Å². The first-order valence-corrected chi connectivity index (χ1v) is 11.4. The number of benzene rings is 1. The molecule has 5 heteroatoms. The van der Waals surface area contributed by atoms with E-state index in [1.165, 1.54) is 36.8 Å². The van der Waals surface area contributed by atoms with Crippen molar-refractivity contribution in [3.05, 3.63) is 46.8 Å². The van der Waals surface area contributed by atoms with E-state index in [2.05, 4.69) is 36.4 Å². The molecule has 2 saturated carbocycles. The number of aryl methyl sites for hydroxylation is 1. The lowest BCUT2D eigenvalue weighted by Gasteiger charge is -2.55. The fraction of sp³-hybridized carbons (Fsp3) is 0.600. The van der Waals surface area contributed by atoms with Gasteiger partial charge in [0.2, 0.25) is 5.91 Å². The van der Waals surface area contributed by atoms with Crippen LogP contribution in [0.1, 0.15) is 61.0 Å². The second-order valence-corrected chi connectivity index (χ2v) is 9.32. The first kappa shape index (κ1) is 21.0. The second kappa shape index (κ2) is 8.44. The smallest absolute Gasteiger partial charge is 0.224 e. The highest BCUT2D eigenvalue weighted by molar-refractivity contribution is 5.79. The zero-order valence-corrected chi connectivity index (χ0v) is 18.9. The van der Waals surface area contributed by atoms with E-state index in [1.54, 1.807) is 7.11 Å². The fourth-order valence-corrected chi connectivity index (χ4v) is 5.56. The van der Waals surface area contributed by atoms with Crippen LogP contribution in [0.25, 0.3) is 0 Å². The number of methoxy groups -OCH3 is 1. The van der Waals surface area contributed by atoms with Gasteiger partial charge in [0.05, 0.1) is 25.3 Å². The molecule has 0 bridgehead atoms. The van der Waals surface area contributed by atoms with Gasteiger partial charge in [-0.1, -0.05) is 31.9 Å². The Morgan fingerprint density at radius 1 is 1.17 bits per heavy atom. The molecule has 0 spiro atoms. The van der Waals surface area contributed by atoms with Crippen LogP contribution in [0.3, 0.4) is 0 Å². The van der Waals surface area contributed by atoms with E-state index in [-0.39, 0.29) is 17.9 Å². The first-order chi connectivity index (χ1) is 14.4. The Bertz CT molecular complexity index is 902. The lowest BCUT2D eigenvalue weighted by atomic mass is 9.53. The number of nitrogens with zero attached hydrogens (tertiary/aromatic N) is 2. The number of fused-ring (bicyclic) bond motifs is 1. The van der Waals surface area contributed by atoms with Gasteiger partial charge < -0.3 is 10.1 Å². The maximum absolute atomic E-state index is 13.1. The Kier molecular flexibility index (Phi) is 5.90. The van der Waals surface area contributed by atoms with Crippen LogP contribution in [0.15, 0.2) is 24.3 Å². The van der Waals surface area contributed by atoms with Gasteiger partial charge in [0.1, 0.15) is 5.75 Å². The summed E-state index contributed by atoms with van der Waals surface area (Å²) in [5.41, 5.74) is 4.74. The highest BCUT2D eigenvalue weighted by Crippen LogP contribution is 2.54. The van der Waals surface area contributed by atoms with Crippen LogP contribution in [0.5, 0.6) is 5.75 Å². The van der Waals surface area contributed by atoms with Gasteiger partial charge in [-0.15, -0.1) is 0 Å². The van der Waals surface area contributed by atoms with Gasteiger partial charge in [0.25, 0.3) is 0 Å². The molecule has 1 N–H and O–H groups in total. The van der Waals surface area contributed by atoms with E-state index in [1.807, 2.05) is 30.7 Å². The quantitative estimate of drug-likeness (QED) is 0.762. The molecule has 1 amide bonds. The average Bonchev–Trinajstić information content (AvgIpc) is 2.99. The molecule has 0 radical (unpaired) electrons. The zero-order chi connectivity index (χ0) is 21.4. The molecule has 2 aromatic rings. The van der Waals surface area contributed by atoms with Crippen LogP contribution in [-0.2, 0) is 11.3 Å². The molecule has 5 atom stereocenters. The average molecular weight is 410 g/mol. The van der Waals surface area contributed by atoms with Crippen molar-refractivity contribution in [3.8, 4) is 5.75 Å². The van der Waals surface area contributed by atoms with Crippen LogP contribution in [0, 0.1) is 38.5 Å². The summed E-state index contributed by atoms with van der Waals surface area (Å²) in [7, 11) is 1.70. The third-order valence-corrected chi connectivity index (χ3v) is 7.63. The van der Waals surface area contributed by atoms with Crippen LogP contribution >= 0.6 is 0 Å². The molecular weight excluding hydrogens is 374 g/mol. The molecule has 0 saturated heterocycles. The lowest BCUT2D eigenvalue weighted by Crippen LogP contribution is -2.60. The summed E-state index contributed by atoms with van der Waals surface area (Å²) < 4.78 is 7.31. The Balaban J connectivity index is 1.47. The van der Waals surface area contributed by atoms with Crippen molar-refractivity contribution in [2.45, 2.75) is 71.9 Å². The molecule has 0 unspecified atom stereocenters. The van der Waals surface area contributed by atoms with Gasteiger partial charge in [0.15, 0.2) is 0 Å². The number of hydrogen-bond acceptors (Lipinski definition) is 3. The maximum Gasteiger partial charge on any atom is 0.224 e. The predicted octanol–water partition coefficient (Wildman–Crippen LogP) is 4.54. The lowest BCUT2D eigenvalue weighted by molar-refractivity contribution is -0.128. The second-order valence-electron chi connectivity index (χ2n) is 9.32. The Morgan fingerprint density at radius 2 is 1.83 bits per heavy atom. The number of amides is 1. The van der Waals surface area contributed by atoms with Crippen molar-refractivity contribution in [1.82, 2.24) is 15.1 Å². The van der Waals surface area contributed by atoms with E-state index < -0.39 is 0 Å². The third kappa shape index (κ3) is 3.75. The van der Waals surface area contributed by atoms with Gasteiger partial charge in [-0.05, 0) is 68.7 Å². The zero-order valence-electron chi connectivity index (χ0n) is 18.9. The number of carbonyl (C=O) groups excluding carboxylic acids is 1. The molecule has 0 aliphatic heterocycles. The highest BCUT2D eigenvalue weighted by Gasteiger charge is 2.52. The first-order valence-electron chi connectivity index (χ1n) is 11.4. The topological polar surface area (TPSA) is 56.1 Å². The molecule has 1 aromatic carbocycles. The molecule has 1 heterocycles. The van der Waals surface area contributed by atoms with E-state index in [4.69, 9.17) is 4.74 Å². The molecule has 162 valence electrons. The summed E-state index contributed by atoms with van der Waals surface area (Å²) in [4.78, 5) is 13.1. The largest absolute Gasteiger partial charge is 0.497 e. The summed E-state index contributed by atoms with van der Waals surface area (Å²) in [6.45, 7) is 8.84. The molecule has 2 aliphatic carbocycles. The summed E-state index contributed by atoms with van der Waals surface area (Å²) in [5, 5.41) is 8.06. The summed E-state index contributed by atoms with van der Waals surface area (Å²) in [6.07, 6.45) is 5.09. The van der Waals surface area contributed by atoms with Crippen LogP contribution < -0.4 is 10.1 Å². The number of carbonyl (C=O) groups is 1. The van der Waals surface area contributed by atoms with Crippen molar-refractivity contribution < 1.29 is 9.53 Å². The molecule has 2 aliphatic rings. The van der Waals surface area contributed by atoms with E-state index in [9.17, 15) is 4.79 Å². The standard InChI is InChI=1S/C25H35N3O2/c1-15(14-28-18(4)16(2)17(3)27-28)25(29)26-24-22-9-7-6-8-21(22)23(24)19-10-12-20(30-5)13-11-19/h10-13,15,21-24H,6-9,14H2,1-5H3,(H,26,29)/t15-,21+,22-,23-,24-/m0/s1. The molecule has 5 nitrogen and oxygen atoms in total. The predicted molar refractivity (Wildman–Crippen MR) is 119 cm³/mol. The maximum atomic E-state index is 13.1. The minimum Gasteiger partial charge on any atom is -0.497 e. The number of rotatable bonds is 6. The summed E-state index contributed by atoms with van der Waals surface area (Å²) >= 11 is 0. The van der Waals surface area contributed by atoms with E-state index in [0.29, 0.717) is 24.3 Å². The SMILES string of the molecule is COc1ccc([C@H]2[C@@H]3CCCC[C@@H]3[C@@H]2NC(=O)[C@@H](C)Cn2nc(C)c(C)c2C)cc1. The van der Waals surface area contributed by atoms with Crippen LogP contribution in [-0.4, -0.2) is 28.8 Å². The number of hydrogen-bond donors (Lipinski definition) is 1. The molecule has 4 rings (SSSR count). The van der Waals surface area contributed by atoms with Crippen LogP contribution in [0.2, 0.25) is 0 Å². The monoisotopic (exact) mass is 409 g/mol. The number of ether oxygens (including phenoxy) is 1.